The zero-order valence-electron chi connectivity index (χ0n) is 14.1. The van der Waals surface area contributed by atoms with E-state index < -0.39 is 0 Å². The molecule has 5 nitrogen and oxygen atoms in total. The summed E-state index contributed by atoms with van der Waals surface area (Å²) in [6.45, 7) is 4.12. The Morgan fingerprint density at radius 2 is 2.04 bits per heavy atom. The second-order valence-corrected chi connectivity index (χ2v) is 6.03. The molecule has 1 aliphatic heterocycles. The highest BCUT2D eigenvalue weighted by molar-refractivity contribution is 6.03. The predicted octanol–water partition coefficient (Wildman–Crippen LogP) is 2.42. The van der Waals surface area contributed by atoms with Gasteiger partial charge in [0.25, 0.3) is 0 Å². The third kappa shape index (κ3) is 2.86. The van der Waals surface area contributed by atoms with Gasteiger partial charge in [-0.15, -0.1) is 0 Å². The van der Waals surface area contributed by atoms with E-state index in [1.165, 1.54) is 0 Å². The van der Waals surface area contributed by atoms with Crippen LogP contribution < -0.4 is 10.3 Å². The molecule has 1 aromatic rings. The largest absolute Gasteiger partial charge is 0.463 e. The summed E-state index contributed by atoms with van der Waals surface area (Å²) in [5.41, 5.74) is 4.06. The maximum atomic E-state index is 12.7. The van der Waals surface area contributed by atoms with E-state index in [9.17, 15) is 9.59 Å². The maximum Gasteiger partial charge on any atom is 0.336 e. The molecule has 0 fully saturated rings. The molecule has 126 valence electrons. The number of Topliss-reactive ketones (excluding diaryl/α,β-unsaturated/α-hetero) is 1. The minimum absolute atomic E-state index is 0.124. The van der Waals surface area contributed by atoms with Crippen LogP contribution in [0.5, 0.6) is 0 Å². The molecule has 0 aromatic carbocycles. The number of nitrogens with one attached hydrogen (secondary N) is 2. The number of H-pyrrole nitrogens is 1. The minimum Gasteiger partial charge on any atom is -0.463 e. The number of hydrogen-bond donors (Lipinski definition) is 1. The molecular weight excluding hydrogens is 304 g/mol. The van der Waals surface area contributed by atoms with Gasteiger partial charge in [0.1, 0.15) is 0 Å². The minimum atomic E-state index is -0.349. The van der Waals surface area contributed by atoms with Crippen LogP contribution in [-0.2, 0) is 14.3 Å². The molecule has 1 aromatic heterocycles. The van der Waals surface area contributed by atoms with Crippen molar-refractivity contribution in [3.05, 3.63) is 52.6 Å². The molecule has 0 saturated carbocycles. The standard InChI is InChI=1S/C19H22N2O3/c1-3-13-18(19(23)24-4-2)16(12-8-10-20-11-9-12)17-14(21-13)6-5-7-15(17)22/h8-11,16,21H,3-7H2,1-2H3/p+1. The Morgan fingerprint density at radius 1 is 1.29 bits per heavy atom. The van der Waals surface area contributed by atoms with Crippen LogP contribution in [0.1, 0.15) is 51.0 Å². The average molecular weight is 327 g/mol. The predicted molar refractivity (Wildman–Crippen MR) is 88.7 cm³/mol. The van der Waals surface area contributed by atoms with Gasteiger partial charge in [0.05, 0.1) is 12.2 Å². The first-order valence-electron chi connectivity index (χ1n) is 8.56. The van der Waals surface area contributed by atoms with Crippen LogP contribution >= 0.6 is 0 Å². The first-order chi connectivity index (χ1) is 11.7. The number of dihydropyridines is 1. The number of hydrogen-bond acceptors (Lipinski definition) is 4. The van der Waals surface area contributed by atoms with Gasteiger partial charge < -0.3 is 10.1 Å². The van der Waals surface area contributed by atoms with E-state index in [0.717, 1.165) is 35.4 Å². The molecule has 24 heavy (non-hydrogen) atoms. The van der Waals surface area contributed by atoms with Gasteiger partial charge in [0, 0.05) is 41.4 Å². The van der Waals surface area contributed by atoms with Crippen molar-refractivity contribution in [1.29, 1.82) is 0 Å². The average Bonchev–Trinajstić information content (AvgIpc) is 2.61. The van der Waals surface area contributed by atoms with E-state index in [0.29, 0.717) is 25.0 Å². The number of pyridine rings is 1. The Kier molecular flexibility index (Phi) is 4.79. The number of ether oxygens (including phenoxy) is 1. The molecule has 0 spiro atoms. The molecule has 2 heterocycles. The third-order valence-corrected chi connectivity index (χ3v) is 4.59. The summed E-state index contributed by atoms with van der Waals surface area (Å²) in [4.78, 5) is 28.3. The Bertz CT molecular complexity index is 719. The molecule has 1 aliphatic carbocycles. The van der Waals surface area contributed by atoms with Crippen LogP contribution in [0.25, 0.3) is 0 Å². The van der Waals surface area contributed by atoms with E-state index in [2.05, 4.69) is 10.3 Å². The summed E-state index contributed by atoms with van der Waals surface area (Å²) in [5, 5.41) is 3.35. The SMILES string of the molecule is CCOC(=O)C1=C(CC)NC2=C(C(=O)CCC2)C1c1cc[nH+]cc1. The number of aromatic amines is 1. The van der Waals surface area contributed by atoms with Gasteiger partial charge >= 0.3 is 5.97 Å². The number of esters is 1. The van der Waals surface area contributed by atoms with Crippen molar-refractivity contribution in [2.75, 3.05) is 6.61 Å². The molecule has 0 amide bonds. The van der Waals surface area contributed by atoms with E-state index in [-0.39, 0.29) is 17.7 Å². The molecule has 0 saturated heterocycles. The highest BCUT2D eigenvalue weighted by Gasteiger charge is 2.39. The van der Waals surface area contributed by atoms with E-state index >= 15 is 0 Å². The molecule has 2 aliphatic rings. The fourth-order valence-corrected chi connectivity index (χ4v) is 3.55. The van der Waals surface area contributed by atoms with Gasteiger partial charge in [-0.3, -0.25) is 4.79 Å². The van der Waals surface area contributed by atoms with Gasteiger partial charge in [0.15, 0.2) is 18.2 Å². The molecule has 1 unspecified atom stereocenters. The second kappa shape index (κ2) is 6.99. The summed E-state index contributed by atoms with van der Waals surface area (Å²) in [6.07, 6.45) is 6.56. The molecule has 0 bridgehead atoms. The Balaban J connectivity index is 2.17. The fourth-order valence-electron chi connectivity index (χ4n) is 3.55. The van der Waals surface area contributed by atoms with E-state index in [1.807, 2.05) is 31.5 Å². The number of allylic oxidation sites excluding steroid dienone is 3. The van der Waals surface area contributed by atoms with Gasteiger partial charge in [-0.25, -0.2) is 9.78 Å². The van der Waals surface area contributed by atoms with Crippen molar-refractivity contribution in [2.24, 2.45) is 0 Å². The van der Waals surface area contributed by atoms with Crippen LogP contribution in [0.15, 0.2) is 47.1 Å². The molecule has 3 rings (SSSR count). The number of aromatic nitrogens is 1. The zero-order chi connectivity index (χ0) is 17.1. The lowest BCUT2D eigenvalue weighted by atomic mass is 9.75. The topological polar surface area (TPSA) is 69.5 Å². The van der Waals surface area contributed by atoms with Crippen molar-refractivity contribution in [3.8, 4) is 0 Å². The Hall–Kier alpha value is -2.43. The normalized spacial score (nSPS) is 20.6. The quantitative estimate of drug-likeness (QED) is 0.862. The lowest BCUT2D eigenvalue weighted by Gasteiger charge is -2.34. The molecule has 0 radical (unpaired) electrons. The maximum absolute atomic E-state index is 12.7. The van der Waals surface area contributed by atoms with Gasteiger partial charge in [-0.05, 0) is 31.7 Å². The van der Waals surface area contributed by atoms with Crippen LogP contribution in [0.3, 0.4) is 0 Å². The number of carbonyl (C=O) groups is 2. The van der Waals surface area contributed by atoms with Gasteiger partial charge in [0.2, 0.25) is 0 Å². The smallest absolute Gasteiger partial charge is 0.336 e. The van der Waals surface area contributed by atoms with E-state index in [1.54, 1.807) is 6.92 Å². The van der Waals surface area contributed by atoms with Crippen LogP contribution in [0, 0.1) is 0 Å². The monoisotopic (exact) mass is 327 g/mol. The molecule has 5 heteroatoms. The first-order valence-corrected chi connectivity index (χ1v) is 8.56. The van der Waals surface area contributed by atoms with Crippen molar-refractivity contribution in [2.45, 2.75) is 45.4 Å². The van der Waals surface area contributed by atoms with Crippen LogP contribution in [0.4, 0.5) is 0 Å². The van der Waals surface area contributed by atoms with Crippen molar-refractivity contribution in [1.82, 2.24) is 5.32 Å². The summed E-state index contributed by atoms with van der Waals surface area (Å²) >= 11 is 0. The number of rotatable bonds is 4. The highest BCUT2D eigenvalue weighted by Crippen LogP contribution is 2.42. The lowest BCUT2D eigenvalue weighted by molar-refractivity contribution is -0.378. The lowest BCUT2D eigenvalue weighted by Crippen LogP contribution is -2.35. The summed E-state index contributed by atoms with van der Waals surface area (Å²) < 4.78 is 5.30. The molecule has 2 N–H and O–H groups in total. The van der Waals surface area contributed by atoms with Crippen LogP contribution in [0.2, 0.25) is 0 Å². The highest BCUT2D eigenvalue weighted by atomic mass is 16.5. The molecular formula is C19H23N2O3+. The second-order valence-electron chi connectivity index (χ2n) is 6.03. The fraction of sp³-hybridized carbons (Fsp3) is 0.421. The number of carbonyl (C=O) groups excluding carboxylic acids is 2. The Morgan fingerprint density at radius 3 is 2.71 bits per heavy atom. The van der Waals surface area contributed by atoms with Crippen molar-refractivity contribution in [3.63, 3.8) is 0 Å². The summed E-state index contributed by atoms with van der Waals surface area (Å²) in [7, 11) is 0. The summed E-state index contributed by atoms with van der Waals surface area (Å²) in [6, 6.07) is 3.85. The van der Waals surface area contributed by atoms with Crippen molar-refractivity contribution >= 4 is 11.8 Å². The van der Waals surface area contributed by atoms with Gasteiger partial charge in [-0.2, -0.15) is 0 Å². The third-order valence-electron chi connectivity index (χ3n) is 4.59. The van der Waals surface area contributed by atoms with Gasteiger partial charge in [-0.1, -0.05) is 6.92 Å². The summed E-state index contributed by atoms with van der Waals surface area (Å²) in [5.74, 6) is -0.569. The van der Waals surface area contributed by atoms with Crippen molar-refractivity contribution < 1.29 is 19.3 Å². The first kappa shape index (κ1) is 16.4. The zero-order valence-corrected chi connectivity index (χ0v) is 14.1. The number of ketones is 1. The Labute approximate surface area is 141 Å². The van der Waals surface area contributed by atoms with Crippen LogP contribution in [-0.4, -0.2) is 18.4 Å². The van der Waals surface area contributed by atoms with E-state index in [4.69, 9.17) is 4.74 Å². The molecule has 1 atom stereocenters.